The Morgan fingerprint density at radius 2 is 1.79 bits per heavy atom. The standard InChI is InChI=1S/C24H25ClN2O/c1-15-11-16(2)14-27(13-15)24(28)20-12-22(18-8-5-4-7-17(18)3)26-23-19(20)9-6-10-21(23)25/h4-10,12,15-16H,11,13-14H2,1-3H3/t15-,16-/m0/s1. The fraction of sp³-hybridized carbons (Fsp3) is 0.333. The topological polar surface area (TPSA) is 33.2 Å². The molecule has 0 unspecified atom stereocenters. The van der Waals surface area contributed by atoms with Crippen LogP contribution in [-0.2, 0) is 0 Å². The lowest BCUT2D eigenvalue weighted by Crippen LogP contribution is -2.42. The molecule has 144 valence electrons. The van der Waals surface area contributed by atoms with Gasteiger partial charge in [-0.3, -0.25) is 4.79 Å². The van der Waals surface area contributed by atoms with E-state index < -0.39 is 0 Å². The van der Waals surface area contributed by atoms with Crippen molar-refractivity contribution in [1.29, 1.82) is 0 Å². The molecule has 28 heavy (non-hydrogen) atoms. The van der Waals surface area contributed by atoms with Crippen molar-refractivity contribution < 1.29 is 4.79 Å². The van der Waals surface area contributed by atoms with Gasteiger partial charge in [0.1, 0.15) is 0 Å². The summed E-state index contributed by atoms with van der Waals surface area (Å²) >= 11 is 6.48. The van der Waals surface area contributed by atoms with Gasteiger partial charge in [-0.15, -0.1) is 0 Å². The van der Waals surface area contributed by atoms with Crippen molar-refractivity contribution >= 4 is 28.4 Å². The lowest BCUT2D eigenvalue weighted by molar-refractivity contribution is 0.0625. The summed E-state index contributed by atoms with van der Waals surface area (Å²) in [6.45, 7) is 8.09. The molecular formula is C24H25ClN2O. The fourth-order valence-electron chi connectivity index (χ4n) is 4.39. The number of aromatic nitrogens is 1. The predicted octanol–water partition coefficient (Wildman–Crippen LogP) is 5.98. The van der Waals surface area contributed by atoms with Crippen molar-refractivity contribution in [1.82, 2.24) is 9.88 Å². The maximum atomic E-state index is 13.5. The molecule has 2 heterocycles. The van der Waals surface area contributed by atoms with Crippen LogP contribution in [0.4, 0.5) is 0 Å². The number of carbonyl (C=O) groups is 1. The van der Waals surface area contributed by atoms with Gasteiger partial charge >= 0.3 is 0 Å². The van der Waals surface area contributed by atoms with Gasteiger partial charge in [0.2, 0.25) is 0 Å². The molecule has 3 aromatic rings. The van der Waals surface area contributed by atoms with Gasteiger partial charge in [-0.1, -0.05) is 61.8 Å². The first-order valence-electron chi connectivity index (χ1n) is 9.88. The summed E-state index contributed by atoms with van der Waals surface area (Å²) in [6.07, 6.45) is 1.17. The lowest BCUT2D eigenvalue weighted by Gasteiger charge is -2.35. The van der Waals surface area contributed by atoms with Crippen molar-refractivity contribution in [2.24, 2.45) is 11.8 Å². The minimum atomic E-state index is 0.0721. The highest BCUT2D eigenvalue weighted by Crippen LogP contribution is 2.32. The number of pyridine rings is 1. The van der Waals surface area contributed by atoms with Crippen LogP contribution in [0.3, 0.4) is 0 Å². The molecule has 4 heteroatoms. The summed E-state index contributed by atoms with van der Waals surface area (Å²) in [4.78, 5) is 20.4. The second-order valence-corrected chi connectivity index (χ2v) is 8.57. The lowest BCUT2D eigenvalue weighted by atomic mass is 9.91. The van der Waals surface area contributed by atoms with Crippen LogP contribution in [0.5, 0.6) is 0 Å². The number of likely N-dealkylation sites (tertiary alicyclic amines) is 1. The molecule has 0 aliphatic carbocycles. The molecule has 0 saturated carbocycles. The predicted molar refractivity (Wildman–Crippen MR) is 116 cm³/mol. The minimum absolute atomic E-state index is 0.0721. The Morgan fingerprint density at radius 1 is 1.07 bits per heavy atom. The molecule has 0 N–H and O–H groups in total. The minimum Gasteiger partial charge on any atom is -0.338 e. The molecule has 1 amide bonds. The van der Waals surface area contributed by atoms with Crippen molar-refractivity contribution in [2.45, 2.75) is 27.2 Å². The monoisotopic (exact) mass is 392 g/mol. The van der Waals surface area contributed by atoms with Crippen LogP contribution in [-0.4, -0.2) is 28.9 Å². The number of aryl methyl sites for hydroxylation is 1. The van der Waals surface area contributed by atoms with Crippen molar-refractivity contribution in [3.63, 3.8) is 0 Å². The second-order valence-electron chi connectivity index (χ2n) is 8.16. The van der Waals surface area contributed by atoms with E-state index in [-0.39, 0.29) is 5.91 Å². The highest BCUT2D eigenvalue weighted by atomic mass is 35.5. The summed E-state index contributed by atoms with van der Waals surface area (Å²) in [5.74, 6) is 1.10. The number of rotatable bonds is 2. The molecule has 1 aliphatic rings. The molecule has 0 radical (unpaired) electrons. The van der Waals surface area contributed by atoms with Gasteiger partial charge < -0.3 is 4.90 Å². The quantitative estimate of drug-likeness (QED) is 0.537. The number of piperidine rings is 1. The number of fused-ring (bicyclic) bond motifs is 1. The molecule has 3 nitrogen and oxygen atoms in total. The molecule has 1 aromatic heterocycles. The first kappa shape index (κ1) is 18.9. The maximum Gasteiger partial charge on any atom is 0.254 e. The van der Waals surface area contributed by atoms with Crippen LogP contribution in [0.25, 0.3) is 22.2 Å². The van der Waals surface area contributed by atoms with Gasteiger partial charge in [-0.05, 0) is 42.9 Å². The number of nitrogens with zero attached hydrogens (tertiary/aromatic N) is 2. The maximum absolute atomic E-state index is 13.5. The van der Waals surface area contributed by atoms with E-state index in [0.29, 0.717) is 27.9 Å². The van der Waals surface area contributed by atoms with E-state index >= 15 is 0 Å². The molecule has 0 bridgehead atoms. The molecule has 2 atom stereocenters. The Balaban J connectivity index is 1.88. The largest absolute Gasteiger partial charge is 0.338 e. The Bertz CT molecular complexity index is 1040. The van der Waals surface area contributed by atoms with E-state index in [4.69, 9.17) is 16.6 Å². The van der Waals surface area contributed by atoms with Crippen molar-refractivity contribution in [2.75, 3.05) is 13.1 Å². The van der Waals surface area contributed by atoms with Crippen LogP contribution in [0.15, 0.2) is 48.5 Å². The summed E-state index contributed by atoms with van der Waals surface area (Å²) in [5.41, 5.74) is 4.32. The van der Waals surface area contributed by atoms with Gasteiger partial charge in [0, 0.05) is 24.0 Å². The summed E-state index contributed by atoms with van der Waals surface area (Å²) in [7, 11) is 0. The van der Waals surface area contributed by atoms with E-state index in [1.54, 1.807) is 0 Å². The molecule has 1 saturated heterocycles. The number of benzene rings is 2. The van der Waals surface area contributed by atoms with Crippen LogP contribution < -0.4 is 0 Å². The Morgan fingerprint density at radius 3 is 2.50 bits per heavy atom. The van der Waals surface area contributed by atoms with E-state index in [9.17, 15) is 4.79 Å². The molecular weight excluding hydrogens is 368 g/mol. The molecule has 2 aromatic carbocycles. The third kappa shape index (κ3) is 3.51. The Labute approximate surface area is 171 Å². The average Bonchev–Trinajstić information content (AvgIpc) is 2.67. The van der Waals surface area contributed by atoms with E-state index in [1.165, 1.54) is 6.42 Å². The SMILES string of the molecule is Cc1ccccc1-c1cc(C(=O)N2C[C@@H](C)C[C@H](C)C2)c2cccc(Cl)c2n1. The van der Waals surface area contributed by atoms with E-state index in [1.807, 2.05) is 47.4 Å². The van der Waals surface area contributed by atoms with Crippen molar-refractivity contribution in [3.05, 3.63) is 64.7 Å². The summed E-state index contributed by atoms with van der Waals surface area (Å²) < 4.78 is 0. The number of halogens is 1. The number of hydrogen-bond acceptors (Lipinski definition) is 2. The van der Waals surface area contributed by atoms with Crippen LogP contribution >= 0.6 is 11.6 Å². The van der Waals surface area contributed by atoms with Gasteiger partial charge in [-0.2, -0.15) is 0 Å². The zero-order valence-corrected chi connectivity index (χ0v) is 17.3. The third-order valence-electron chi connectivity index (χ3n) is 5.60. The molecule has 1 fully saturated rings. The van der Waals surface area contributed by atoms with Gasteiger partial charge in [0.25, 0.3) is 5.91 Å². The van der Waals surface area contributed by atoms with Gasteiger partial charge in [-0.25, -0.2) is 4.98 Å². The fourth-order valence-corrected chi connectivity index (χ4v) is 4.60. The van der Waals surface area contributed by atoms with E-state index in [0.717, 1.165) is 35.3 Å². The van der Waals surface area contributed by atoms with E-state index in [2.05, 4.69) is 26.8 Å². The summed E-state index contributed by atoms with van der Waals surface area (Å²) in [6, 6.07) is 15.7. The molecule has 1 aliphatic heterocycles. The number of hydrogen-bond donors (Lipinski definition) is 0. The highest BCUT2D eigenvalue weighted by Gasteiger charge is 2.28. The summed E-state index contributed by atoms with van der Waals surface area (Å²) in [5, 5.41) is 1.39. The first-order chi connectivity index (χ1) is 13.4. The Kier molecular flexibility index (Phi) is 5.11. The smallest absolute Gasteiger partial charge is 0.254 e. The highest BCUT2D eigenvalue weighted by molar-refractivity contribution is 6.35. The van der Waals surface area contributed by atoms with Crippen molar-refractivity contribution in [3.8, 4) is 11.3 Å². The number of carbonyl (C=O) groups excluding carboxylic acids is 1. The normalized spacial score (nSPS) is 19.8. The Hall–Kier alpha value is -2.39. The van der Waals surface area contributed by atoms with Crippen LogP contribution in [0.2, 0.25) is 5.02 Å². The zero-order chi connectivity index (χ0) is 19.8. The molecule has 0 spiro atoms. The zero-order valence-electron chi connectivity index (χ0n) is 16.6. The number of amides is 1. The van der Waals surface area contributed by atoms with Gasteiger partial charge in [0.15, 0.2) is 0 Å². The third-order valence-corrected chi connectivity index (χ3v) is 5.90. The average molecular weight is 393 g/mol. The van der Waals surface area contributed by atoms with Crippen LogP contribution in [0, 0.1) is 18.8 Å². The van der Waals surface area contributed by atoms with Crippen LogP contribution in [0.1, 0.15) is 36.2 Å². The number of para-hydroxylation sites is 1. The van der Waals surface area contributed by atoms with Gasteiger partial charge in [0.05, 0.1) is 21.8 Å². The second kappa shape index (κ2) is 7.56. The first-order valence-corrected chi connectivity index (χ1v) is 10.3. The molecule has 4 rings (SSSR count).